The third-order valence-electron chi connectivity index (χ3n) is 4.22. The lowest BCUT2D eigenvalue weighted by Gasteiger charge is -2.11. The molecule has 0 saturated heterocycles. The maximum absolute atomic E-state index is 11.5. The van der Waals surface area contributed by atoms with Gasteiger partial charge in [-0.1, -0.05) is 24.3 Å². The minimum atomic E-state index is -0.498. The van der Waals surface area contributed by atoms with E-state index in [4.69, 9.17) is 11.5 Å². The summed E-state index contributed by atoms with van der Waals surface area (Å²) in [6.07, 6.45) is 1.68. The van der Waals surface area contributed by atoms with E-state index < -0.39 is 5.91 Å². The maximum atomic E-state index is 11.5. The molecule has 0 fully saturated rings. The van der Waals surface area contributed by atoms with Gasteiger partial charge in [0.25, 0.3) is 0 Å². The van der Waals surface area contributed by atoms with Gasteiger partial charge in [0, 0.05) is 11.3 Å². The van der Waals surface area contributed by atoms with Crippen molar-refractivity contribution in [2.75, 3.05) is 11.1 Å². The van der Waals surface area contributed by atoms with Crippen molar-refractivity contribution in [2.45, 2.75) is 6.92 Å². The number of nitrogen functional groups attached to an aromatic ring is 1. The molecule has 2 aromatic heterocycles. The predicted molar refractivity (Wildman–Crippen MR) is 104 cm³/mol. The number of rotatable bonds is 4. The molecule has 0 unspecified atom stereocenters. The lowest BCUT2D eigenvalue weighted by atomic mass is 10.1. The third kappa shape index (κ3) is 3.04. The second kappa shape index (κ2) is 6.41. The number of amides is 1. The third-order valence-corrected chi connectivity index (χ3v) is 4.22. The smallest absolute Gasteiger partial charge is 0.248 e. The summed E-state index contributed by atoms with van der Waals surface area (Å²) in [5.74, 6) is 0.123. The van der Waals surface area contributed by atoms with E-state index in [1.807, 2.05) is 43.3 Å². The molecule has 0 aliphatic carbocycles. The Bertz CT molecular complexity index is 1150. The Kier molecular flexibility index (Phi) is 3.92. The fourth-order valence-electron chi connectivity index (χ4n) is 2.82. The van der Waals surface area contributed by atoms with Gasteiger partial charge in [-0.25, -0.2) is 4.68 Å². The summed E-state index contributed by atoms with van der Waals surface area (Å²) >= 11 is 0. The number of carbonyl (C=O) groups excluding carboxylic acids is 1. The number of aromatic nitrogens is 4. The van der Waals surface area contributed by atoms with Crippen LogP contribution in [0.2, 0.25) is 0 Å². The van der Waals surface area contributed by atoms with Crippen LogP contribution in [0.25, 0.3) is 16.7 Å². The van der Waals surface area contributed by atoms with Crippen molar-refractivity contribution in [3.05, 3.63) is 65.9 Å². The standard InChI is InChI=1S/C19H17N7O/c1-11-7-8-12(16(20)27)9-15(11)23-17-14-10-22-26(13-5-3-2-4-6-13)18(14)25-19(21)24-17/h2-10H,1H3,(H2,20,27)(H3,21,23,24,25). The van der Waals surface area contributed by atoms with Gasteiger partial charge in [0.05, 0.1) is 17.3 Å². The first kappa shape index (κ1) is 16.5. The van der Waals surface area contributed by atoms with Crippen LogP contribution in [-0.4, -0.2) is 25.7 Å². The van der Waals surface area contributed by atoms with Gasteiger partial charge in [0.2, 0.25) is 11.9 Å². The minimum Gasteiger partial charge on any atom is -0.368 e. The molecule has 27 heavy (non-hydrogen) atoms. The Morgan fingerprint density at radius 1 is 1.11 bits per heavy atom. The van der Waals surface area contributed by atoms with Gasteiger partial charge in [0.1, 0.15) is 5.82 Å². The van der Waals surface area contributed by atoms with Gasteiger partial charge < -0.3 is 16.8 Å². The van der Waals surface area contributed by atoms with E-state index in [1.165, 1.54) is 0 Å². The Hall–Kier alpha value is -3.94. The quantitative estimate of drug-likeness (QED) is 0.514. The second-order valence-electron chi connectivity index (χ2n) is 6.08. The molecule has 0 aliphatic heterocycles. The Labute approximate surface area is 154 Å². The molecular formula is C19H17N7O. The van der Waals surface area contributed by atoms with Crippen LogP contribution in [0.4, 0.5) is 17.5 Å². The number of para-hydroxylation sites is 1. The number of nitrogens with one attached hydrogen (secondary N) is 1. The van der Waals surface area contributed by atoms with Crippen molar-refractivity contribution >= 4 is 34.4 Å². The fourth-order valence-corrected chi connectivity index (χ4v) is 2.82. The van der Waals surface area contributed by atoms with Gasteiger partial charge in [0.15, 0.2) is 5.65 Å². The SMILES string of the molecule is Cc1ccc(C(N)=O)cc1Nc1nc(N)nc2c1cnn2-c1ccccc1. The number of carbonyl (C=O) groups is 1. The molecule has 0 bridgehead atoms. The summed E-state index contributed by atoms with van der Waals surface area (Å²) in [7, 11) is 0. The summed E-state index contributed by atoms with van der Waals surface area (Å²) in [6, 6.07) is 14.8. The summed E-state index contributed by atoms with van der Waals surface area (Å²) < 4.78 is 1.70. The molecule has 4 aromatic rings. The molecule has 134 valence electrons. The van der Waals surface area contributed by atoms with E-state index in [-0.39, 0.29) is 5.95 Å². The van der Waals surface area contributed by atoms with Gasteiger partial charge >= 0.3 is 0 Å². The number of hydrogen-bond acceptors (Lipinski definition) is 6. The first-order valence-electron chi connectivity index (χ1n) is 8.27. The summed E-state index contributed by atoms with van der Waals surface area (Å²) in [5.41, 5.74) is 14.8. The van der Waals surface area contributed by atoms with E-state index in [2.05, 4.69) is 20.4 Å². The average molecular weight is 359 g/mol. The Morgan fingerprint density at radius 3 is 2.63 bits per heavy atom. The molecule has 8 heteroatoms. The first-order chi connectivity index (χ1) is 13.0. The van der Waals surface area contributed by atoms with Gasteiger partial charge in [-0.3, -0.25) is 4.79 Å². The summed E-state index contributed by atoms with van der Waals surface area (Å²) in [5, 5.41) is 8.35. The van der Waals surface area contributed by atoms with Crippen LogP contribution in [0.3, 0.4) is 0 Å². The number of benzene rings is 2. The molecule has 4 rings (SSSR count). The number of nitrogens with two attached hydrogens (primary N) is 2. The van der Waals surface area contributed by atoms with Crippen molar-refractivity contribution in [3.63, 3.8) is 0 Å². The molecule has 0 saturated carbocycles. The van der Waals surface area contributed by atoms with Gasteiger partial charge in [-0.15, -0.1) is 0 Å². The van der Waals surface area contributed by atoms with Crippen LogP contribution in [0, 0.1) is 6.92 Å². The molecular weight excluding hydrogens is 342 g/mol. The normalized spacial score (nSPS) is 10.9. The lowest BCUT2D eigenvalue weighted by Crippen LogP contribution is -2.11. The highest BCUT2D eigenvalue weighted by molar-refractivity contribution is 5.95. The van der Waals surface area contributed by atoms with Crippen LogP contribution in [0.5, 0.6) is 0 Å². The van der Waals surface area contributed by atoms with Gasteiger partial charge in [-0.05, 0) is 36.8 Å². The van der Waals surface area contributed by atoms with E-state index in [1.54, 1.807) is 23.0 Å². The number of fused-ring (bicyclic) bond motifs is 1. The predicted octanol–water partition coefficient (Wildman–Crippen LogP) is 2.55. The largest absolute Gasteiger partial charge is 0.368 e. The lowest BCUT2D eigenvalue weighted by molar-refractivity contribution is 0.100. The Balaban J connectivity index is 1.83. The zero-order chi connectivity index (χ0) is 19.0. The van der Waals surface area contributed by atoms with Crippen LogP contribution in [-0.2, 0) is 0 Å². The van der Waals surface area contributed by atoms with E-state index in [9.17, 15) is 4.79 Å². The molecule has 0 aliphatic rings. The topological polar surface area (TPSA) is 125 Å². The molecule has 1 amide bonds. The summed E-state index contributed by atoms with van der Waals surface area (Å²) in [6.45, 7) is 1.92. The van der Waals surface area contributed by atoms with Crippen molar-refractivity contribution in [2.24, 2.45) is 5.73 Å². The van der Waals surface area contributed by atoms with Crippen molar-refractivity contribution in [1.82, 2.24) is 19.7 Å². The number of anilines is 3. The molecule has 0 atom stereocenters. The number of nitrogens with zero attached hydrogens (tertiary/aromatic N) is 4. The monoisotopic (exact) mass is 359 g/mol. The van der Waals surface area contributed by atoms with E-state index in [0.717, 1.165) is 11.3 Å². The van der Waals surface area contributed by atoms with E-state index in [0.29, 0.717) is 28.1 Å². The van der Waals surface area contributed by atoms with Crippen LogP contribution in [0.15, 0.2) is 54.7 Å². The van der Waals surface area contributed by atoms with Crippen LogP contribution in [0.1, 0.15) is 15.9 Å². The van der Waals surface area contributed by atoms with Crippen molar-refractivity contribution in [1.29, 1.82) is 0 Å². The van der Waals surface area contributed by atoms with Gasteiger partial charge in [-0.2, -0.15) is 15.1 Å². The zero-order valence-electron chi connectivity index (χ0n) is 14.5. The molecule has 2 aromatic carbocycles. The molecule has 0 radical (unpaired) electrons. The number of hydrogen-bond donors (Lipinski definition) is 3. The highest BCUT2D eigenvalue weighted by Gasteiger charge is 2.14. The fraction of sp³-hybridized carbons (Fsp3) is 0.0526. The highest BCUT2D eigenvalue weighted by Crippen LogP contribution is 2.28. The number of aryl methyl sites for hydroxylation is 1. The maximum Gasteiger partial charge on any atom is 0.248 e. The first-order valence-corrected chi connectivity index (χ1v) is 8.27. The average Bonchev–Trinajstić information content (AvgIpc) is 3.08. The van der Waals surface area contributed by atoms with Crippen LogP contribution < -0.4 is 16.8 Å². The molecule has 0 spiro atoms. The molecule has 8 nitrogen and oxygen atoms in total. The number of primary amides is 1. The minimum absolute atomic E-state index is 0.117. The van der Waals surface area contributed by atoms with Crippen molar-refractivity contribution < 1.29 is 4.79 Å². The molecule has 2 heterocycles. The zero-order valence-corrected chi connectivity index (χ0v) is 14.5. The second-order valence-corrected chi connectivity index (χ2v) is 6.08. The van der Waals surface area contributed by atoms with E-state index >= 15 is 0 Å². The van der Waals surface area contributed by atoms with Crippen LogP contribution >= 0.6 is 0 Å². The molecule has 5 N–H and O–H groups in total. The summed E-state index contributed by atoms with van der Waals surface area (Å²) in [4.78, 5) is 20.1. The van der Waals surface area contributed by atoms with Crippen molar-refractivity contribution in [3.8, 4) is 5.69 Å². The highest BCUT2D eigenvalue weighted by atomic mass is 16.1. The Morgan fingerprint density at radius 2 is 1.89 bits per heavy atom.